The fourth-order valence-electron chi connectivity index (χ4n) is 5.26. The second kappa shape index (κ2) is 4.53. The monoisotopic (exact) mass is 248 g/mol. The molecule has 15 heavy (non-hydrogen) atoms. The van der Waals surface area contributed by atoms with Gasteiger partial charge in [0, 0.05) is 0 Å². The van der Waals surface area contributed by atoms with Crippen LogP contribution in [0.3, 0.4) is 0 Å². The van der Waals surface area contributed by atoms with E-state index in [1.54, 1.807) is 0 Å². The van der Waals surface area contributed by atoms with Crippen LogP contribution in [0.2, 0.25) is 15.9 Å². The first-order valence-electron chi connectivity index (χ1n) is 6.39. The summed E-state index contributed by atoms with van der Waals surface area (Å²) in [6.45, 7) is 24.8. The molecule has 0 nitrogen and oxygen atoms in total. The fraction of sp³-hybridized carbons (Fsp3) is 1.00. The Kier molecular flexibility index (Phi) is 4.75. The van der Waals surface area contributed by atoms with E-state index in [1.807, 2.05) is 0 Å². The fourth-order valence-corrected chi connectivity index (χ4v) is 21.7. The van der Waals surface area contributed by atoms with Crippen LogP contribution in [0.15, 0.2) is 0 Å². The Bertz CT molecular complexity index is 176. The van der Waals surface area contributed by atoms with Crippen molar-refractivity contribution in [3.8, 4) is 0 Å². The van der Waals surface area contributed by atoms with Gasteiger partial charge in [-0.3, -0.25) is 0 Å². The molecule has 0 aliphatic rings. The van der Waals surface area contributed by atoms with E-state index in [1.165, 1.54) is 0 Å². The normalized spacial score (nSPS) is 15.2. The van der Waals surface area contributed by atoms with Crippen LogP contribution in [-0.4, -0.2) is 0 Å². The summed E-state index contributed by atoms with van der Waals surface area (Å²) in [5.74, 6) is 0. The first kappa shape index (κ1) is 15.7. The van der Waals surface area contributed by atoms with Gasteiger partial charge in [0.1, 0.15) is 0 Å². The van der Waals surface area contributed by atoms with E-state index >= 15 is 0 Å². The van der Waals surface area contributed by atoms with E-state index in [2.05, 4.69) is 69.2 Å². The molecule has 0 unspecified atom stereocenters. The summed E-state index contributed by atoms with van der Waals surface area (Å²) in [6, 6.07) is 0. The summed E-state index contributed by atoms with van der Waals surface area (Å²) in [5, 5.41) is 0. The molecule has 0 amide bonds. The SMILES string of the molecule is C[CH](C)[Ti]([CH](C)C)([C](C)(C)C)[C](C)(C)C. The van der Waals surface area contributed by atoms with E-state index in [4.69, 9.17) is 0 Å². The third kappa shape index (κ3) is 2.52. The topological polar surface area (TPSA) is 0 Å². The Morgan fingerprint density at radius 1 is 0.600 bits per heavy atom. The molecule has 1 heteroatoms. The summed E-state index contributed by atoms with van der Waals surface area (Å²) in [6.07, 6.45) is 0. The van der Waals surface area contributed by atoms with Crippen molar-refractivity contribution in [3.63, 3.8) is 0 Å². The van der Waals surface area contributed by atoms with Gasteiger partial charge in [-0.25, -0.2) is 0 Å². The van der Waals surface area contributed by atoms with Gasteiger partial charge in [-0.1, -0.05) is 0 Å². The molecule has 92 valence electrons. The molecule has 0 radical (unpaired) electrons. The van der Waals surface area contributed by atoms with Gasteiger partial charge in [-0.05, 0) is 0 Å². The van der Waals surface area contributed by atoms with E-state index < -0.39 is 16.6 Å². The zero-order valence-electron chi connectivity index (χ0n) is 12.7. The molecule has 0 bridgehead atoms. The van der Waals surface area contributed by atoms with Crippen LogP contribution in [0, 0.1) is 0 Å². The quantitative estimate of drug-likeness (QED) is 0.508. The zero-order chi connectivity index (χ0) is 12.7. The standard InChI is InChI=1S/2C4H9.2C3H7.Ti/c2*1-4(2)3;2*1-3-2;/h2*1-3H3;2*3H,1-2H3;. The van der Waals surface area contributed by atoms with E-state index in [9.17, 15) is 0 Å². The van der Waals surface area contributed by atoms with Crippen molar-refractivity contribution < 1.29 is 16.6 Å². The molecule has 0 aromatic heterocycles. The van der Waals surface area contributed by atoms with Gasteiger partial charge in [-0.15, -0.1) is 0 Å². The molecule has 0 N–H and O–H groups in total. The van der Waals surface area contributed by atoms with Crippen molar-refractivity contribution >= 4 is 0 Å². The number of hydrogen-bond acceptors (Lipinski definition) is 0. The summed E-state index contributed by atoms with van der Waals surface area (Å²) in [4.78, 5) is 0. The molecule has 0 aliphatic carbocycles. The molecule has 0 saturated heterocycles. The maximum absolute atomic E-state index is 2.48. The van der Waals surface area contributed by atoms with Crippen LogP contribution in [0.1, 0.15) is 69.2 Å². The van der Waals surface area contributed by atoms with E-state index in [0.29, 0.717) is 7.44 Å². The first-order chi connectivity index (χ1) is 6.39. The minimum absolute atomic E-state index is 0.528. The average molecular weight is 248 g/mol. The second-order valence-corrected chi connectivity index (χ2v) is 18.7. The van der Waals surface area contributed by atoms with Crippen molar-refractivity contribution in [2.24, 2.45) is 0 Å². The van der Waals surface area contributed by atoms with Gasteiger partial charge >= 0.3 is 102 Å². The second-order valence-electron chi connectivity index (χ2n) is 7.68. The van der Waals surface area contributed by atoms with Crippen LogP contribution in [0.25, 0.3) is 0 Å². The van der Waals surface area contributed by atoms with Crippen molar-refractivity contribution in [1.29, 1.82) is 0 Å². The molecule has 0 rings (SSSR count). The predicted molar refractivity (Wildman–Crippen MR) is 69.6 cm³/mol. The molecule has 0 aromatic carbocycles. The van der Waals surface area contributed by atoms with Gasteiger partial charge in [0.25, 0.3) is 0 Å². The van der Waals surface area contributed by atoms with E-state index in [0.717, 1.165) is 8.45 Å². The number of hydrogen-bond donors (Lipinski definition) is 0. The third-order valence-corrected chi connectivity index (χ3v) is 17.7. The van der Waals surface area contributed by atoms with Gasteiger partial charge in [-0.2, -0.15) is 0 Å². The van der Waals surface area contributed by atoms with Crippen molar-refractivity contribution in [3.05, 3.63) is 0 Å². The maximum atomic E-state index is 2.48. The summed E-state index contributed by atoms with van der Waals surface area (Å²) in [7, 11) is 0. The molecule has 0 spiro atoms. The molecular formula is C14H32Ti. The van der Waals surface area contributed by atoms with Gasteiger partial charge in [0.05, 0.1) is 0 Å². The van der Waals surface area contributed by atoms with Crippen LogP contribution >= 0.6 is 0 Å². The Hall–Kier alpha value is 0.714. The first-order valence-corrected chi connectivity index (χ1v) is 9.75. The minimum atomic E-state index is -1.96. The van der Waals surface area contributed by atoms with Gasteiger partial charge < -0.3 is 0 Å². The van der Waals surface area contributed by atoms with Crippen LogP contribution < -0.4 is 0 Å². The predicted octanol–water partition coefficient (Wildman–Crippen LogP) is 6.23. The molecule has 0 fully saturated rings. The summed E-state index contributed by atoms with van der Waals surface area (Å²) >= 11 is -1.96. The molecule has 0 atom stereocenters. The molecule has 0 saturated carbocycles. The van der Waals surface area contributed by atoms with Crippen molar-refractivity contribution in [2.75, 3.05) is 0 Å². The van der Waals surface area contributed by atoms with Gasteiger partial charge in [0.15, 0.2) is 0 Å². The molecule has 0 heterocycles. The third-order valence-electron chi connectivity index (χ3n) is 4.30. The summed E-state index contributed by atoms with van der Waals surface area (Å²) in [5.41, 5.74) is 0. The van der Waals surface area contributed by atoms with Crippen LogP contribution in [-0.2, 0) is 16.6 Å². The Balaban J connectivity index is 5.73. The zero-order valence-corrected chi connectivity index (χ0v) is 14.2. The van der Waals surface area contributed by atoms with Crippen LogP contribution in [0.4, 0.5) is 0 Å². The van der Waals surface area contributed by atoms with Gasteiger partial charge in [0.2, 0.25) is 0 Å². The molecule has 0 aliphatic heterocycles. The summed E-state index contributed by atoms with van der Waals surface area (Å²) < 4.78 is 2.84. The number of rotatable bonds is 2. The average Bonchev–Trinajstić information content (AvgIpc) is 1.75. The molecular weight excluding hydrogens is 216 g/mol. The van der Waals surface area contributed by atoms with Crippen LogP contribution in [0.5, 0.6) is 0 Å². The van der Waals surface area contributed by atoms with Crippen molar-refractivity contribution in [1.82, 2.24) is 0 Å². The Morgan fingerprint density at radius 3 is 0.800 bits per heavy atom. The Morgan fingerprint density at radius 2 is 0.800 bits per heavy atom. The van der Waals surface area contributed by atoms with E-state index in [-0.39, 0.29) is 0 Å². The molecule has 0 aromatic rings. The van der Waals surface area contributed by atoms with Crippen molar-refractivity contribution in [2.45, 2.75) is 85.1 Å². The Labute approximate surface area is 102 Å².